The highest BCUT2D eigenvalue weighted by molar-refractivity contribution is 5.23. The zero-order chi connectivity index (χ0) is 13.4. The third-order valence-electron chi connectivity index (χ3n) is 2.67. The van der Waals surface area contributed by atoms with Crippen molar-refractivity contribution < 1.29 is 18.6 Å². The molecule has 1 aromatic carbocycles. The standard InChI is InChI=1S/C13H19F2NO2/c1-18-9-12(6-7-17)16-8-10-2-4-11(5-3-10)13(14)15/h2-5,12-13,16-17H,6-9H2,1H3. The van der Waals surface area contributed by atoms with Gasteiger partial charge >= 0.3 is 0 Å². The molecule has 1 rings (SSSR count). The summed E-state index contributed by atoms with van der Waals surface area (Å²) in [4.78, 5) is 0. The number of aliphatic hydroxyl groups is 1. The van der Waals surface area contributed by atoms with E-state index in [0.29, 0.717) is 19.6 Å². The van der Waals surface area contributed by atoms with Gasteiger partial charge in [-0.25, -0.2) is 8.78 Å². The molecule has 0 aliphatic heterocycles. The van der Waals surface area contributed by atoms with Crippen LogP contribution in [0.4, 0.5) is 8.78 Å². The molecule has 0 saturated carbocycles. The number of methoxy groups -OCH3 is 1. The van der Waals surface area contributed by atoms with Crippen molar-refractivity contribution in [2.24, 2.45) is 0 Å². The smallest absolute Gasteiger partial charge is 0.263 e. The molecule has 0 bridgehead atoms. The largest absolute Gasteiger partial charge is 0.396 e. The summed E-state index contributed by atoms with van der Waals surface area (Å²) in [5.41, 5.74) is 0.959. The number of hydrogen-bond donors (Lipinski definition) is 2. The van der Waals surface area contributed by atoms with Gasteiger partial charge in [-0.15, -0.1) is 0 Å². The lowest BCUT2D eigenvalue weighted by Crippen LogP contribution is -2.33. The Hall–Kier alpha value is -1.04. The number of alkyl halides is 2. The molecular formula is C13H19F2NO2. The van der Waals surface area contributed by atoms with E-state index in [1.807, 2.05) is 0 Å². The van der Waals surface area contributed by atoms with Crippen LogP contribution in [-0.4, -0.2) is 31.5 Å². The summed E-state index contributed by atoms with van der Waals surface area (Å²) in [6, 6.07) is 6.28. The van der Waals surface area contributed by atoms with Crippen molar-refractivity contribution in [1.29, 1.82) is 0 Å². The van der Waals surface area contributed by atoms with Gasteiger partial charge in [0.25, 0.3) is 6.43 Å². The van der Waals surface area contributed by atoms with Gasteiger partial charge in [-0.2, -0.15) is 0 Å². The molecule has 0 aliphatic rings. The predicted octanol–water partition coefficient (Wildman–Crippen LogP) is 2.11. The van der Waals surface area contributed by atoms with E-state index in [2.05, 4.69) is 5.32 Å². The van der Waals surface area contributed by atoms with Crippen LogP contribution in [0.1, 0.15) is 24.0 Å². The first-order valence-corrected chi connectivity index (χ1v) is 5.87. The van der Waals surface area contributed by atoms with E-state index in [4.69, 9.17) is 9.84 Å². The Morgan fingerprint density at radius 3 is 2.44 bits per heavy atom. The average molecular weight is 259 g/mol. The van der Waals surface area contributed by atoms with Crippen LogP contribution in [0.3, 0.4) is 0 Å². The Kier molecular flexibility index (Phi) is 6.78. The first kappa shape index (κ1) is 15.0. The molecular weight excluding hydrogens is 240 g/mol. The number of rotatable bonds is 8. The second-order valence-corrected chi connectivity index (χ2v) is 4.09. The minimum Gasteiger partial charge on any atom is -0.396 e. The predicted molar refractivity (Wildman–Crippen MR) is 65.6 cm³/mol. The molecule has 1 unspecified atom stereocenters. The van der Waals surface area contributed by atoms with Crippen molar-refractivity contribution in [3.05, 3.63) is 35.4 Å². The number of hydrogen-bond acceptors (Lipinski definition) is 3. The summed E-state index contributed by atoms with van der Waals surface area (Å²) in [5.74, 6) is 0. The highest BCUT2D eigenvalue weighted by Gasteiger charge is 2.08. The number of benzene rings is 1. The molecule has 2 N–H and O–H groups in total. The summed E-state index contributed by atoms with van der Waals surface area (Å²) < 4.78 is 29.7. The van der Waals surface area contributed by atoms with E-state index in [1.165, 1.54) is 12.1 Å². The molecule has 1 atom stereocenters. The van der Waals surface area contributed by atoms with E-state index in [9.17, 15) is 8.78 Å². The molecule has 0 aliphatic carbocycles. The summed E-state index contributed by atoms with van der Waals surface area (Å²) >= 11 is 0. The molecule has 0 radical (unpaired) electrons. The Labute approximate surface area is 106 Å². The highest BCUT2D eigenvalue weighted by Crippen LogP contribution is 2.18. The zero-order valence-corrected chi connectivity index (χ0v) is 10.4. The van der Waals surface area contributed by atoms with Crippen LogP contribution in [0, 0.1) is 0 Å². The summed E-state index contributed by atoms with van der Waals surface area (Å²) in [7, 11) is 1.60. The summed E-state index contributed by atoms with van der Waals surface area (Å²) in [5, 5.41) is 12.1. The fourth-order valence-corrected chi connectivity index (χ4v) is 1.64. The fourth-order valence-electron chi connectivity index (χ4n) is 1.64. The lowest BCUT2D eigenvalue weighted by atomic mass is 10.1. The first-order valence-electron chi connectivity index (χ1n) is 5.87. The van der Waals surface area contributed by atoms with Crippen molar-refractivity contribution in [2.45, 2.75) is 25.4 Å². The quantitative estimate of drug-likeness (QED) is 0.751. The zero-order valence-electron chi connectivity index (χ0n) is 10.4. The van der Waals surface area contributed by atoms with Gasteiger partial charge in [0, 0.05) is 31.9 Å². The molecule has 0 aromatic heterocycles. The number of nitrogens with one attached hydrogen (secondary N) is 1. The van der Waals surface area contributed by atoms with Gasteiger partial charge < -0.3 is 15.2 Å². The van der Waals surface area contributed by atoms with Crippen LogP contribution in [0.5, 0.6) is 0 Å². The van der Waals surface area contributed by atoms with E-state index in [-0.39, 0.29) is 18.2 Å². The molecule has 3 nitrogen and oxygen atoms in total. The van der Waals surface area contributed by atoms with Crippen LogP contribution in [0.25, 0.3) is 0 Å². The molecule has 0 amide bonds. The maximum atomic E-state index is 12.4. The van der Waals surface area contributed by atoms with Gasteiger partial charge in [0.2, 0.25) is 0 Å². The summed E-state index contributed by atoms with van der Waals surface area (Å²) in [6.07, 6.45) is -1.83. The maximum Gasteiger partial charge on any atom is 0.263 e. The number of ether oxygens (including phenoxy) is 1. The van der Waals surface area contributed by atoms with Gasteiger partial charge in [-0.05, 0) is 12.0 Å². The Morgan fingerprint density at radius 2 is 1.94 bits per heavy atom. The molecule has 102 valence electrons. The number of halogens is 2. The fraction of sp³-hybridized carbons (Fsp3) is 0.538. The van der Waals surface area contributed by atoms with Crippen molar-refractivity contribution >= 4 is 0 Å². The normalized spacial score (nSPS) is 12.9. The molecule has 0 spiro atoms. The molecule has 1 aromatic rings. The van der Waals surface area contributed by atoms with Gasteiger partial charge in [-0.3, -0.25) is 0 Å². The monoisotopic (exact) mass is 259 g/mol. The third kappa shape index (κ3) is 5.08. The van der Waals surface area contributed by atoms with Crippen LogP contribution >= 0.6 is 0 Å². The van der Waals surface area contributed by atoms with E-state index >= 15 is 0 Å². The van der Waals surface area contributed by atoms with Gasteiger partial charge in [0.05, 0.1) is 6.61 Å². The lowest BCUT2D eigenvalue weighted by Gasteiger charge is -2.16. The topological polar surface area (TPSA) is 41.5 Å². The lowest BCUT2D eigenvalue weighted by molar-refractivity contribution is 0.148. The minimum atomic E-state index is -2.43. The van der Waals surface area contributed by atoms with Gasteiger partial charge in [0.1, 0.15) is 0 Å². The van der Waals surface area contributed by atoms with Crippen LogP contribution in [0.15, 0.2) is 24.3 Å². The second kappa shape index (κ2) is 8.13. The van der Waals surface area contributed by atoms with E-state index < -0.39 is 6.43 Å². The SMILES string of the molecule is COCC(CCO)NCc1ccc(C(F)F)cc1. The Bertz CT molecular complexity index is 324. The van der Waals surface area contributed by atoms with Crippen LogP contribution in [-0.2, 0) is 11.3 Å². The highest BCUT2D eigenvalue weighted by atomic mass is 19.3. The van der Waals surface area contributed by atoms with E-state index in [0.717, 1.165) is 5.56 Å². The van der Waals surface area contributed by atoms with Crippen molar-refractivity contribution in [3.8, 4) is 0 Å². The molecule has 5 heteroatoms. The van der Waals surface area contributed by atoms with E-state index in [1.54, 1.807) is 19.2 Å². The Morgan fingerprint density at radius 1 is 1.28 bits per heavy atom. The van der Waals surface area contributed by atoms with Gasteiger partial charge in [0.15, 0.2) is 0 Å². The van der Waals surface area contributed by atoms with Crippen LogP contribution < -0.4 is 5.32 Å². The number of aliphatic hydroxyl groups excluding tert-OH is 1. The minimum absolute atomic E-state index is 0.0301. The average Bonchev–Trinajstić information content (AvgIpc) is 2.37. The molecule has 0 heterocycles. The second-order valence-electron chi connectivity index (χ2n) is 4.09. The van der Waals surface area contributed by atoms with Crippen molar-refractivity contribution in [1.82, 2.24) is 5.32 Å². The van der Waals surface area contributed by atoms with Crippen molar-refractivity contribution in [2.75, 3.05) is 20.3 Å². The molecule has 18 heavy (non-hydrogen) atoms. The Balaban J connectivity index is 2.46. The first-order chi connectivity index (χ1) is 8.67. The summed E-state index contributed by atoms with van der Waals surface area (Å²) in [6.45, 7) is 1.17. The third-order valence-corrected chi connectivity index (χ3v) is 2.67. The molecule has 0 saturated heterocycles. The molecule has 0 fully saturated rings. The van der Waals surface area contributed by atoms with Crippen LogP contribution in [0.2, 0.25) is 0 Å². The van der Waals surface area contributed by atoms with Gasteiger partial charge in [-0.1, -0.05) is 24.3 Å². The van der Waals surface area contributed by atoms with Crippen molar-refractivity contribution in [3.63, 3.8) is 0 Å². The maximum absolute atomic E-state index is 12.4.